The van der Waals surface area contributed by atoms with Gasteiger partial charge in [0.05, 0.1) is 0 Å². The molecule has 94 valence electrons. The molecule has 0 unspecified atom stereocenters. The van der Waals surface area contributed by atoms with Crippen LogP contribution in [0.4, 0.5) is 5.69 Å². The second kappa shape index (κ2) is 3.27. The van der Waals surface area contributed by atoms with Crippen molar-refractivity contribution in [2.24, 2.45) is 0 Å². The molecular weight excluding hydrogens is 478 g/mol. The minimum atomic E-state index is 1.11. The molecule has 0 aliphatic heterocycles. The molecule has 3 aromatic rings. The first-order chi connectivity index (χ1) is 8.20. The third-order valence-corrected chi connectivity index (χ3v) is 4.59. The fourth-order valence-electron chi connectivity index (χ4n) is 2.07. The molecule has 0 radical (unpaired) electrons. The number of aromatic nitrogens is 1. The molecule has 0 aliphatic carbocycles. The van der Waals surface area contributed by atoms with Crippen LogP contribution in [0.15, 0.2) is 24.3 Å². The van der Waals surface area contributed by atoms with Crippen LogP contribution in [0.3, 0.4) is 0 Å². The molecule has 1 heterocycles. The molecule has 2 aromatic carbocycles. The van der Waals surface area contributed by atoms with Crippen LogP contribution in [0, 0.1) is 14.0 Å². The average molecular weight is 489 g/mol. The molecule has 0 saturated carbocycles. The van der Waals surface area contributed by atoms with Gasteiger partial charge in [-0.05, 0) is 0 Å². The predicted octanol–water partition coefficient (Wildman–Crippen LogP) is 1.92. The number of hydrogen-bond donors (Lipinski definition) is 1. The molecule has 0 spiro atoms. The summed E-state index contributed by atoms with van der Waals surface area (Å²) in [5.41, 5.74) is 2.30. The van der Waals surface area contributed by atoms with Crippen LogP contribution >= 0.6 is 11.3 Å². The Morgan fingerprint density at radius 2 is 2.24 bits per heavy atom. The Balaban J connectivity index is 2.60. The number of fused-ring (bicyclic) bond motifs is 3. The van der Waals surface area contributed by atoms with Gasteiger partial charge in [-0.1, -0.05) is 0 Å². The van der Waals surface area contributed by atoms with Crippen LogP contribution in [-0.2, 0) is 0 Å². The van der Waals surface area contributed by atoms with Crippen molar-refractivity contribution in [2.75, 3.05) is 0 Å². The third-order valence-electron chi connectivity index (χ3n) is 2.78. The van der Waals surface area contributed by atoms with Gasteiger partial charge < -0.3 is 0 Å². The summed E-state index contributed by atoms with van der Waals surface area (Å²) in [4.78, 5) is 4.65. The summed E-state index contributed by atoms with van der Waals surface area (Å²) in [6.07, 6.45) is 0. The number of thiazole rings is 1. The molecule has 0 amide bonds. The number of nitrogens with zero attached hydrogens (tertiary/aromatic N) is 1. The Hall–Kier alpha value is -2.45. The first-order valence-electron chi connectivity index (χ1n) is 5.25. The van der Waals surface area contributed by atoms with E-state index in [4.69, 9.17) is 0 Å². The summed E-state index contributed by atoms with van der Waals surface area (Å²) in [5, 5.41) is 5.51. The van der Waals surface area contributed by atoms with Gasteiger partial charge >= 0.3 is 97.6 Å². The molecule has 1 aromatic heterocycles. The molecule has 17 heavy (non-hydrogen) atoms. The van der Waals surface area contributed by atoms with Crippen molar-refractivity contribution in [3.8, 4) is 0 Å². The van der Waals surface area contributed by atoms with Crippen LogP contribution in [0.1, 0.15) is 5.01 Å². The van der Waals surface area contributed by atoms with Crippen molar-refractivity contribution in [3.05, 3.63) is 36.3 Å². The first kappa shape index (κ1) is 9.75. The van der Waals surface area contributed by atoms with Crippen molar-refractivity contribution < 1.29 is 5.32 Å². The molecule has 0 saturated heterocycles. The molecular formula is C13H11LrN2S. The van der Waals surface area contributed by atoms with Gasteiger partial charge in [0, 0.05) is 0 Å². The van der Waals surface area contributed by atoms with E-state index in [1.807, 2.05) is 5.32 Å². The monoisotopic (exact) mass is 489 g/mol. The van der Waals surface area contributed by atoms with Gasteiger partial charge in [-0.3, -0.25) is 0 Å². The molecule has 0 fully saturated rings. The molecule has 0 bridgehead atoms. The van der Waals surface area contributed by atoms with E-state index in [9.17, 15) is 0 Å². The van der Waals surface area contributed by atoms with Gasteiger partial charge in [0.25, 0.3) is 0 Å². The Kier molecular flexibility index (Phi) is 1.88. The van der Waals surface area contributed by atoms with Gasteiger partial charge in [-0.2, -0.15) is 0 Å². The zero-order valence-electron chi connectivity index (χ0n) is 9.21. The Morgan fingerprint density at radius 1 is 1.41 bits per heavy atom. The SMILES string of the molecule is [CH2-][NH2+]c1cc2sc(C)nc2c2[c]([Lr])cccc12. The number of aryl methyl sites for hydroxylation is 1. The van der Waals surface area contributed by atoms with Gasteiger partial charge in [0.2, 0.25) is 0 Å². The Morgan fingerprint density at radius 3 is 3.00 bits per heavy atom. The van der Waals surface area contributed by atoms with E-state index in [1.54, 1.807) is 11.3 Å². The van der Waals surface area contributed by atoms with Crippen molar-refractivity contribution in [3.63, 3.8) is 0 Å². The average Bonchev–Trinajstić information content (AvgIpc) is 2.68. The second-order valence-corrected chi connectivity index (χ2v) is 6.24. The van der Waals surface area contributed by atoms with Crippen LogP contribution in [0.5, 0.6) is 0 Å². The molecule has 0 aliphatic rings. The van der Waals surface area contributed by atoms with Crippen molar-refractivity contribution >= 4 is 44.1 Å². The number of rotatable bonds is 1. The summed E-state index contributed by atoms with van der Waals surface area (Å²) in [6, 6.07) is 9.74. The van der Waals surface area contributed by atoms with Gasteiger partial charge in [-0.15, -0.1) is 0 Å². The second-order valence-electron chi connectivity index (χ2n) is 3.85. The fraction of sp³-hybridized carbons (Fsp3) is 0.0769. The summed E-state index contributed by atoms with van der Waals surface area (Å²) in [7, 11) is 3.90. The van der Waals surface area contributed by atoms with Gasteiger partial charge in [-0.25, -0.2) is 0 Å². The van der Waals surface area contributed by atoms with E-state index in [0.29, 0.717) is 0 Å². The van der Waals surface area contributed by atoms with E-state index < -0.39 is 0 Å². The zero-order valence-corrected chi connectivity index (χ0v) is 12.2. The summed E-state index contributed by atoms with van der Waals surface area (Å²) in [6.45, 7) is 2.05. The van der Waals surface area contributed by atoms with Crippen LogP contribution < -0.4 is 11.4 Å². The van der Waals surface area contributed by atoms with Crippen molar-refractivity contribution in [2.45, 2.75) is 6.92 Å². The first-order valence-corrected chi connectivity index (χ1v) is 7.14. The van der Waals surface area contributed by atoms with Crippen LogP contribution in [-0.4, -0.2) is 4.98 Å². The molecule has 0 atom stereocenters. The van der Waals surface area contributed by atoms with Crippen LogP contribution in [0.25, 0.3) is 21.0 Å². The Bertz CT molecular complexity index is 718. The maximum absolute atomic E-state index is 4.65. The minimum absolute atomic E-state index is 1.11. The summed E-state index contributed by atoms with van der Waals surface area (Å²) >= 11 is 1.74. The van der Waals surface area contributed by atoms with Crippen molar-refractivity contribution in [1.82, 2.24) is 4.98 Å². The fourth-order valence-corrected chi connectivity index (χ4v) is 3.71. The quantitative estimate of drug-likeness (QED) is 0.411. The molecule has 3 rings (SSSR count). The van der Waals surface area contributed by atoms with Gasteiger partial charge in [0.15, 0.2) is 0 Å². The molecule has 2 N–H and O–H groups in total. The third kappa shape index (κ3) is 1.28. The van der Waals surface area contributed by atoms with E-state index in [-0.39, 0.29) is 0 Å². The molecule has 2 nitrogen and oxygen atoms in total. The van der Waals surface area contributed by atoms with Gasteiger partial charge in [0.1, 0.15) is 0 Å². The number of hydrogen-bond acceptors (Lipinski definition) is 2. The van der Waals surface area contributed by atoms with E-state index in [1.165, 1.54) is 27.2 Å². The number of benzene rings is 2. The van der Waals surface area contributed by atoms with E-state index >= 15 is 0 Å². The van der Waals surface area contributed by atoms with Crippen molar-refractivity contribution in [1.29, 1.82) is 0 Å². The van der Waals surface area contributed by atoms with E-state index in [0.717, 1.165) is 10.5 Å². The number of quaternary nitrogens is 1. The van der Waals surface area contributed by atoms with E-state index in [2.05, 4.69) is 43.2 Å². The van der Waals surface area contributed by atoms with Crippen LogP contribution in [0.2, 0.25) is 0 Å². The molecule has 4 heteroatoms. The Labute approximate surface area is 97.9 Å². The zero-order chi connectivity index (χ0) is 12.0. The topological polar surface area (TPSA) is 29.5 Å². The number of nitrogens with two attached hydrogens (primary N) is 1. The predicted molar refractivity (Wildman–Crippen MR) is 68.4 cm³/mol. The summed E-state index contributed by atoms with van der Waals surface area (Å²) < 4.78 is 3.83. The normalized spacial score (nSPS) is 11.5. The maximum atomic E-state index is 4.65. The summed E-state index contributed by atoms with van der Waals surface area (Å²) in [5.74, 6) is 0. The standard InChI is InChI=1S/C13H11N2S.Lr/c1-8-15-13-10-6-4-3-5-9(10)11(14-2)7-12(13)16-8;/h3-5,7H,2,14H2,1H3;.